The molecule has 96 valence electrons. The molecule has 16 heavy (non-hydrogen) atoms. The van der Waals surface area contributed by atoms with Gasteiger partial charge in [0.15, 0.2) is 9.84 Å². The van der Waals surface area contributed by atoms with Gasteiger partial charge in [-0.3, -0.25) is 0 Å². The molecule has 1 fully saturated rings. The van der Waals surface area contributed by atoms with Crippen molar-refractivity contribution in [2.75, 3.05) is 0 Å². The summed E-state index contributed by atoms with van der Waals surface area (Å²) in [5.41, 5.74) is 0.167. The van der Waals surface area contributed by atoms with Crippen molar-refractivity contribution in [1.29, 1.82) is 0 Å². The van der Waals surface area contributed by atoms with Crippen LogP contribution in [-0.4, -0.2) is 18.4 Å². The summed E-state index contributed by atoms with van der Waals surface area (Å²) in [4.78, 5) is 0. The molecule has 0 spiro atoms. The van der Waals surface area contributed by atoms with Crippen LogP contribution >= 0.6 is 0 Å². The SMILES string of the molecule is CC1CC(S(=O)(=O)C(C)(C)C)CC(C)(C)C1. The smallest absolute Gasteiger partial charge is 0.158 e. The maximum atomic E-state index is 12.4. The Morgan fingerprint density at radius 2 is 1.62 bits per heavy atom. The Kier molecular flexibility index (Phi) is 3.51. The molecule has 0 aliphatic heterocycles. The molecule has 2 atom stereocenters. The second kappa shape index (κ2) is 4.01. The number of sulfone groups is 1. The molecule has 0 N–H and O–H groups in total. The second-order valence-corrected chi connectivity index (χ2v) is 10.2. The van der Waals surface area contributed by atoms with E-state index < -0.39 is 14.6 Å². The van der Waals surface area contributed by atoms with Crippen molar-refractivity contribution in [1.82, 2.24) is 0 Å². The zero-order valence-corrected chi connectivity index (χ0v) is 12.3. The van der Waals surface area contributed by atoms with Crippen LogP contribution in [0.5, 0.6) is 0 Å². The molecule has 1 rings (SSSR count). The highest BCUT2D eigenvalue weighted by atomic mass is 32.2. The first kappa shape index (κ1) is 14.0. The summed E-state index contributed by atoms with van der Waals surface area (Å²) in [6.45, 7) is 12.0. The molecule has 0 radical (unpaired) electrons. The van der Waals surface area contributed by atoms with Gasteiger partial charge in [-0.15, -0.1) is 0 Å². The Bertz CT molecular complexity index is 347. The van der Waals surface area contributed by atoms with E-state index in [1.807, 2.05) is 20.8 Å². The van der Waals surface area contributed by atoms with Crippen molar-refractivity contribution >= 4 is 9.84 Å². The average molecular weight is 246 g/mol. The van der Waals surface area contributed by atoms with Crippen LogP contribution in [0.4, 0.5) is 0 Å². The predicted molar refractivity (Wildman–Crippen MR) is 69.3 cm³/mol. The summed E-state index contributed by atoms with van der Waals surface area (Å²) in [6, 6.07) is 0. The molecule has 0 heterocycles. The van der Waals surface area contributed by atoms with Crippen LogP contribution in [0.2, 0.25) is 0 Å². The van der Waals surface area contributed by atoms with Crippen LogP contribution < -0.4 is 0 Å². The summed E-state index contributed by atoms with van der Waals surface area (Å²) < 4.78 is 24.3. The fourth-order valence-corrected chi connectivity index (χ4v) is 5.25. The first-order chi connectivity index (χ1) is 6.96. The fourth-order valence-electron chi connectivity index (χ4n) is 2.99. The monoisotopic (exact) mass is 246 g/mol. The third-order valence-electron chi connectivity index (χ3n) is 3.64. The van der Waals surface area contributed by atoms with Crippen molar-refractivity contribution in [3.63, 3.8) is 0 Å². The lowest BCUT2D eigenvalue weighted by molar-refractivity contribution is 0.192. The highest BCUT2D eigenvalue weighted by molar-refractivity contribution is 7.93. The Morgan fingerprint density at radius 1 is 1.12 bits per heavy atom. The van der Waals surface area contributed by atoms with E-state index in [-0.39, 0.29) is 10.7 Å². The van der Waals surface area contributed by atoms with E-state index in [0.717, 1.165) is 19.3 Å². The maximum absolute atomic E-state index is 12.4. The molecule has 1 aliphatic rings. The van der Waals surface area contributed by atoms with Crippen molar-refractivity contribution < 1.29 is 8.42 Å². The third kappa shape index (κ3) is 2.79. The molecule has 0 amide bonds. The van der Waals surface area contributed by atoms with Gasteiger partial charge >= 0.3 is 0 Å². The molecular weight excluding hydrogens is 220 g/mol. The quantitative estimate of drug-likeness (QED) is 0.710. The molecule has 0 aromatic carbocycles. The first-order valence-corrected chi connectivity index (χ1v) is 7.74. The van der Waals surface area contributed by atoms with Gasteiger partial charge in [0.1, 0.15) is 0 Å². The Hall–Kier alpha value is -0.0500. The Balaban J connectivity index is 2.98. The first-order valence-electron chi connectivity index (χ1n) is 6.19. The van der Waals surface area contributed by atoms with Gasteiger partial charge in [-0.25, -0.2) is 8.42 Å². The Morgan fingerprint density at radius 3 is 2.00 bits per heavy atom. The van der Waals surface area contributed by atoms with Gasteiger partial charge in [0.05, 0.1) is 10.00 Å². The molecule has 0 bridgehead atoms. The fraction of sp³-hybridized carbons (Fsp3) is 1.00. The molecule has 0 saturated heterocycles. The Labute approximate surface area is 101 Å². The van der Waals surface area contributed by atoms with Gasteiger partial charge < -0.3 is 0 Å². The third-order valence-corrected chi connectivity index (χ3v) is 6.58. The lowest BCUT2D eigenvalue weighted by Gasteiger charge is -2.40. The molecule has 1 saturated carbocycles. The molecule has 2 unspecified atom stereocenters. The topological polar surface area (TPSA) is 34.1 Å². The molecular formula is C13H26O2S. The van der Waals surface area contributed by atoms with Crippen LogP contribution in [0.1, 0.15) is 60.8 Å². The van der Waals surface area contributed by atoms with Gasteiger partial charge in [-0.2, -0.15) is 0 Å². The van der Waals surface area contributed by atoms with Crippen molar-refractivity contribution in [3.05, 3.63) is 0 Å². The van der Waals surface area contributed by atoms with E-state index in [9.17, 15) is 8.42 Å². The zero-order valence-electron chi connectivity index (χ0n) is 11.5. The van der Waals surface area contributed by atoms with E-state index in [4.69, 9.17) is 0 Å². The number of hydrogen-bond donors (Lipinski definition) is 0. The summed E-state index contributed by atoms with van der Waals surface area (Å²) in [6.07, 6.45) is 2.79. The van der Waals surface area contributed by atoms with Crippen LogP contribution in [0.25, 0.3) is 0 Å². The lowest BCUT2D eigenvalue weighted by atomic mass is 9.73. The molecule has 0 aromatic heterocycles. The zero-order chi connectivity index (χ0) is 12.8. The molecule has 3 heteroatoms. The molecule has 1 aliphatic carbocycles. The van der Waals surface area contributed by atoms with E-state index in [1.54, 1.807) is 0 Å². The summed E-state index contributed by atoms with van der Waals surface area (Å²) in [5.74, 6) is 0.519. The summed E-state index contributed by atoms with van der Waals surface area (Å²) in [7, 11) is -3.00. The van der Waals surface area contributed by atoms with Gasteiger partial charge in [-0.05, 0) is 51.4 Å². The largest absolute Gasteiger partial charge is 0.228 e. The van der Waals surface area contributed by atoms with Crippen molar-refractivity contribution in [3.8, 4) is 0 Å². The summed E-state index contributed by atoms with van der Waals surface area (Å²) >= 11 is 0. The van der Waals surface area contributed by atoms with Crippen LogP contribution in [-0.2, 0) is 9.84 Å². The van der Waals surface area contributed by atoms with E-state index in [2.05, 4.69) is 20.8 Å². The van der Waals surface area contributed by atoms with Gasteiger partial charge in [-0.1, -0.05) is 20.8 Å². The van der Waals surface area contributed by atoms with Gasteiger partial charge in [0, 0.05) is 0 Å². The van der Waals surface area contributed by atoms with Gasteiger partial charge in [0.2, 0.25) is 0 Å². The number of hydrogen-bond acceptors (Lipinski definition) is 2. The van der Waals surface area contributed by atoms with Crippen LogP contribution in [0.15, 0.2) is 0 Å². The van der Waals surface area contributed by atoms with Crippen molar-refractivity contribution in [2.45, 2.75) is 70.8 Å². The van der Waals surface area contributed by atoms with Gasteiger partial charge in [0.25, 0.3) is 0 Å². The average Bonchev–Trinajstić information content (AvgIpc) is 1.97. The molecule has 0 aromatic rings. The number of rotatable bonds is 1. The highest BCUT2D eigenvalue weighted by Crippen LogP contribution is 2.43. The standard InChI is InChI=1S/C13H26O2S/c1-10-7-11(9-13(5,6)8-10)16(14,15)12(2,3)4/h10-11H,7-9H2,1-6H3. The molecule has 2 nitrogen and oxygen atoms in total. The minimum atomic E-state index is -3.00. The predicted octanol–water partition coefficient (Wildman–Crippen LogP) is 3.41. The summed E-state index contributed by atoms with van der Waals surface area (Å²) in [5, 5.41) is -0.147. The minimum absolute atomic E-state index is 0.147. The maximum Gasteiger partial charge on any atom is 0.158 e. The highest BCUT2D eigenvalue weighted by Gasteiger charge is 2.43. The van der Waals surface area contributed by atoms with E-state index >= 15 is 0 Å². The lowest BCUT2D eigenvalue weighted by Crippen LogP contribution is -2.43. The normalized spacial score (nSPS) is 31.4. The second-order valence-electron chi connectivity index (χ2n) is 7.19. The van der Waals surface area contributed by atoms with E-state index in [0.29, 0.717) is 5.92 Å². The van der Waals surface area contributed by atoms with E-state index in [1.165, 1.54) is 0 Å². The van der Waals surface area contributed by atoms with Crippen LogP contribution in [0.3, 0.4) is 0 Å². The van der Waals surface area contributed by atoms with Crippen LogP contribution in [0, 0.1) is 11.3 Å². The minimum Gasteiger partial charge on any atom is -0.228 e. The van der Waals surface area contributed by atoms with Crippen molar-refractivity contribution in [2.24, 2.45) is 11.3 Å².